The largest absolute Gasteiger partial charge is 0.283 e. The number of hydrogen-bond donors (Lipinski definition) is 1. The van der Waals surface area contributed by atoms with Gasteiger partial charge in [-0.1, -0.05) is 20.8 Å². The Morgan fingerprint density at radius 1 is 1.20 bits per heavy atom. The average Bonchev–Trinajstić information content (AvgIpc) is 2.09. The fourth-order valence-corrected chi connectivity index (χ4v) is 5.47. The maximum absolute atomic E-state index is 11.9. The SMILES string of the molecule is CC(C)(C)CS(=O)(=O)Nc1ccc(S(=O)(=O)Cl)c(Br)c1. The molecule has 1 aromatic rings. The second-order valence-electron chi connectivity index (χ2n) is 5.50. The number of nitrogens with one attached hydrogen (secondary N) is 1. The van der Waals surface area contributed by atoms with Crippen LogP contribution in [0.4, 0.5) is 5.69 Å². The van der Waals surface area contributed by atoms with Gasteiger partial charge in [-0.3, -0.25) is 4.72 Å². The van der Waals surface area contributed by atoms with Crippen molar-refractivity contribution in [2.75, 3.05) is 10.5 Å². The molecule has 0 aliphatic heterocycles. The zero-order chi connectivity index (χ0) is 15.8. The summed E-state index contributed by atoms with van der Waals surface area (Å²) in [7, 11) is -2.15. The third-order valence-electron chi connectivity index (χ3n) is 2.09. The van der Waals surface area contributed by atoms with Crippen molar-refractivity contribution in [3.05, 3.63) is 22.7 Å². The number of halogens is 2. The fraction of sp³-hybridized carbons (Fsp3) is 0.455. The first-order chi connectivity index (χ1) is 8.80. The lowest BCUT2D eigenvalue weighted by Gasteiger charge is -2.19. The maximum atomic E-state index is 11.9. The Kier molecular flexibility index (Phi) is 5.17. The van der Waals surface area contributed by atoms with Gasteiger partial charge in [-0.2, -0.15) is 0 Å². The molecule has 0 aromatic heterocycles. The van der Waals surface area contributed by atoms with E-state index in [0.29, 0.717) is 0 Å². The third-order valence-corrected chi connectivity index (χ3v) is 6.18. The molecule has 1 rings (SSSR count). The molecule has 0 radical (unpaired) electrons. The average molecular weight is 405 g/mol. The lowest BCUT2D eigenvalue weighted by atomic mass is 10.0. The number of sulfonamides is 1. The number of benzene rings is 1. The molecule has 0 aliphatic carbocycles. The number of anilines is 1. The summed E-state index contributed by atoms with van der Waals surface area (Å²) in [6.07, 6.45) is 0. The molecule has 0 amide bonds. The normalized spacial score (nSPS) is 13.2. The minimum atomic E-state index is -3.87. The zero-order valence-corrected chi connectivity index (χ0v) is 15.1. The molecule has 0 heterocycles. The summed E-state index contributed by atoms with van der Waals surface area (Å²) in [6, 6.07) is 3.94. The van der Waals surface area contributed by atoms with Gasteiger partial charge in [-0.15, -0.1) is 0 Å². The van der Waals surface area contributed by atoms with Crippen LogP contribution in [0.15, 0.2) is 27.6 Å². The second-order valence-corrected chi connectivity index (χ2v) is 10.6. The Bertz CT molecular complexity index is 708. The molecule has 20 heavy (non-hydrogen) atoms. The summed E-state index contributed by atoms with van der Waals surface area (Å²) in [5.41, 5.74) is -0.118. The van der Waals surface area contributed by atoms with E-state index >= 15 is 0 Å². The summed E-state index contributed by atoms with van der Waals surface area (Å²) < 4.78 is 48.9. The van der Waals surface area contributed by atoms with E-state index in [1.165, 1.54) is 18.2 Å². The van der Waals surface area contributed by atoms with Crippen molar-refractivity contribution in [2.45, 2.75) is 25.7 Å². The van der Waals surface area contributed by atoms with E-state index in [1.807, 2.05) is 20.8 Å². The van der Waals surface area contributed by atoms with Gasteiger partial charge in [0.2, 0.25) is 10.0 Å². The van der Waals surface area contributed by atoms with Gasteiger partial charge >= 0.3 is 0 Å². The van der Waals surface area contributed by atoms with E-state index in [9.17, 15) is 16.8 Å². The second kappa shape index (κ2) is 5.82. The van der Waals surface area contributed by atoms with E-state index in [2.05, 4.69) is 20.7 Å². The highest BCUT2D eigenvalue weighted by atomic mass is 79.9. The fourth-order valence-electron chi connectivity index (χ4n) is 1.55. The first kappa shape index (κ1) is 17.7. The van der Waals surface area contributed by atoms with Crippen LogP contribution in [0.3, 0.4) is 0 Å². The first-order valence-electron chi connectivity index (χ1n) is 5.55. The molecule has 0 saturated carbocycles. The number of rotatable bonds is 4. The van der Waals surface area contributed by atoms with Crippen molar-refractivity contribution in [2.24, 2.45) is 5.41 Å². The summed E-state index contributed by atoms with van der Waals surface area (Å²) in [4.78, 5) is -0.113. The number of hydrogen-bond acceptors (Lipinski definition) is 4. The van der Waals surface area contributed by atoms with Gasteiger partial charge in [0.25, 0.3) is 9.05 Å². The van der Waals surface area contributed by atoms with Gasteiger partial charge in [0.05, 0.1) is 10.6 Å². The molecule has 9 heteroatoms. The van der Waals surface area contributed by atoms with E-state index in [0.717, 1.165) is 0 Å². The minimum Gasteiger partial charge on any atom is -0.283 e. The Labute approximate surface area is 132 Å². The highest BCUT2D eigenvalue weighted by molar-refractivity contribution is 9.10. The molecule has 1 N–H and O–H groups in total. The van der Waals surface area contributed by atoms with Crippen molar-refractivity contribution in [1.82, 2.24) is 0 Å². The van der Waals surface area contributed by atoms with Crippen LogP contribution in [-0.4, -0.2) is 22.6 Å². The highest BCUT2D eigenvalue weighted by Crippen LogP contribution is 2.28. The van der Waals surface area contributed by atoms with E-state index in [-0.39, 0.29) is 26.2 Å². The standard InChI is InChI=1S/C11H15BrClNO4S2/c1-11(2,3)7-19(15,16)14-8-4-5-10(9(12)6-8)20(13,17)18/h4-6,14H,7H2,1-3H3. The topological polar surface area (TPSA) is 80.3 Å². The third kappa shape index (κ3) is 5.59. The predicted octanol–water partition coefficient (Wildman–Crippen LogP) is 3.16. The van der Waals surface area contributed by atoms with Gasteiger partial charge in [-0.25, -0.2) is 16.8 Å². The molecule has 0 fully saturated rings. The highest BCUT2D eigenvalue weighted by Gasteiger charge is 2.22. The molecular formula is C11H15BrClNO4S2. The smallest absolute Gasteiger partial charge is 0.262 e. The lowest BCUT2D eigenvalue weighted by Crippen LogP contribution is -2.26. The van der Waals surface area contributed by atoms with Crippen molar-refractivity contribution in [3.63, 3.8) is 0 Å². The Morgan fingerprint density at radius 2 is 1.75 bits per heavy atom. The van der Waals surface area contributed by atoms with Gasteiger partial charge in [-0.05, 0) is 39.5 Å². The van der Waals surface area contributed by atoms with Crippen LogP contribution < -0.4 is 4.72 Å². The Hall–Kier alpha value is -0.310. The monoisotopic (exact) mass is 403 g/mol. The van der Waals surface area contributed by atoms with Crippen LogP contribution in [0, 0.1) is 5.41 Å². The van der Waals surface area contributed by atoms with Crippen LogP contribution in [0.25, 0.3) is 0 Å². The summed E-state index contributed by atoms with van der Waals surface area (Å²) in [5, 5.41) is 0. The van der Waals surface area contributed by atoms with E-state index < -0.39 is 19.1 Å². The van der Waals surface area contributed by atoms with Crippen LogP contribution in [0.5, 0.6) is 0 Å². The molecule has 0 atom stereocenters. The van der Waals surface area contributed by atoms with Crippen LogP contribution >= 0.6 is 26.6 Å². The Balaban J connectivity index is 3.05. The van der Waals surface area contributed by atoms with Crippen molar-refractivity contribution in [3.8, 4) is 0 Å². The molecule has 1 aromatic carbocycles. The van der Waals surface area contributed by atoms with Crippen molar-refractivity contribution < 1.29 is 16.8 Å². The van der Waals surface area contributed by atoms with Gasteiger partial charge in [0.15, 0.2) is 0 Å². The van der Waals surface area contributed by atoms with Gasteiger partial charge < -0.3 is 0 Å². The minimum absolute atomic E-state index is 0.0484. The lowest BCUT2D eigenvalue weighted by molar-refractivity contribution is 0.463. The van der Waals surface area contributed by atoms with Crippen LogP contribution in [0.1, 0.15) is 20.8 Å². The van der Waals surface area contributed by atoms with Gasteiger partial charge in [0.1, 0.15) is 0 Å². The summed E-state index contributed by atoms with van der Waals surface area (Å²) in [5.74, 6) is -0.0484. The van der Waals surface area contributed by atoms with Crippen LogP contribution in [0.2, 0.25) is 0 Å². The molecular weight excluding hydrogens is 390 g/mol. The van der Waals surface area contributed by atoms with Crippen molar-refractivity contribution >= 4 is 51.4 Å². The molecule has 114 valence electrons. The molecule has 0 bridgehead atoms. The molecule has 0 spiro atoms. The van der Waals surface area contributed by atoms with E-state index in [4.69, 9.17) is 10.7 Å². The maximum Gasteiger partial charge on any atom is 0.262 e. The predicted molar refractivity (Wildman–Crippen MR) is 84.0 cm³/mol. The van der Waals surface area contributed by atoms with Crippen molar-refractivity contribution in [1.29, 1.82) is 0 Å². The summed E-state index contributed by atoms with van der Waals surface area (Å²) >= 11 is 3.05. The zero-order valence-electron chi connectivity index (χ0n) is 11.1. The molecule has 0 aliphatic rings. The molecule has 5 nitrogen and oxygen atoms in total. The molecule has 0 unspecified atom stereocenters. The molecule has 0 saturated heterocycles. The first-order valence-corrected chi connectivity index (χ1v) is 10.3. The Morgan fingerprint density at radius 3 is 2.15 bits per heavy atom. The van der Waals surface area contributed by atoms with E-state index in [1.54, 1.807) is 0 Å². The summed E-state index contributed by atoms with van der Waals surface area (Å²) in [6.45, 7) is 5.43. The van der Waals surface area contributed by atoms with Crippen LogP contribution in [-0.2, 0) is 19.1 Å². The van der Waals surface area contributed by atoms with Gasteiger partial charge in [0, 0.05) is 20.8 Å². The quantitative estimate of drug-likeness (QED) is 0.782.